The predicted molar refractivity (Wildman–Crippen MR) is 56.7 cm³/mol. The van der Waals surface area contributed by atoms with Gasteiger partial charge in [0.1, 0.15) is 11.9 Å². The van der Waals surface area contributed by atoms with Gasteiger partial charge in [0.15, 0.2) is 4.67 Å². The molecular formula is C10H14BrNO2. The third-order valence-corrected chi connectivity index (χ3v) is 3.63. The van der Waals surface area contributed by atoms with Crippen molar-refractivity contribution in [1.82, 2.24) is 0 Å². The van der Waals surface area contributed by atoms with Crippen LogP contribution < -0.4 is 5.73 Å². The van der Waals surface area contributed by atoms with Crippen LogP contribution in [0.2, 0.25) is 0 Å². The van der Waals surface area contributed by atoms with Crippen molar-refractivity contribution in [3.8, 4) is 0 Å². The number of furan rings is 1. The van der Waals surface area contributed by atoms with Gasteiger partial charge >= 0.3 is 0 Å². The van der Waals surface area contributed by atoms with E-state index < -0.39 is 6.10 Å². The fourth-order valence-electron chi connectivity index (χ4n) is 2.00. The first-order chi connectivity index (χ1) is 6.68. The fraction of sp³-hybridized carbons (Fsp3) is 0.600. The van der Waals surface area contributed by atoms with Crippen LogP contribution in [0, 0.1) is 5.41 Å². The van der Waals surface area contributed by atoms with Gasteiger partial charge in [0.25, 0.3) is 0 Å². The highest BCUT2D eigenvalue weighted by atomic mass is 79.9. The van der Waals surface area contributed by atoms with Gasteiger partial charge in [0.2, 0.25) is 0 Å². The van der Waals surface area contributed by atoms with Crippen LogP contribution >= 0.6 is 15.9 Å². The number of hydrogen-bond acceptors (Lipinski definition) is 3. The summed E-state index contributed by atoms with van der Waals surface area (Å²) in [6.07, 6.45) is 2.56. The Hall–Kier alpha value is -0.320. The second-order valence-corrected chi connectivity index (χ2v) is 4.75. The first-order valence-corrected chi connectivity index (χ1v) is 5.61. The van der Waals surface area contributed by atoms with Crippen LogP contribution in [0.3, 0.4) is 0 Å². The zero-order valence-corrected chi connectivity index (χ0v) is 9.46. The number of halogens is 1. The smallest absolute Gasteiger partial charge is 0.169 e. The van der Waals surface area contributed by atoms with Crippen molar-refractivity contribution in [3.63, 3.8) is 0 Å². The Labute approximate surface area is 91.4 Å². The van der Waals surface area contributed by atoms with Crippen LogP contribution in [0.1, 0.15) is 31.1 Å². The van der Waals surface area contributed by atoms with Crippen LogP contribution in [0.5, 0.6) is 0 Å². The first-order valence-electron chi connectivity index (χ1n) is 4.81. The molecule has 0 spiro atoms. The third-order valence-electron chi connectivity index (χ3n) is 3.20. The fourth-order valence-corrected chi connectivity index (χ4v) is 2.32. The Morgan fingerprint density at radius 2 is 2.29 bits per heavy atom. The molecule has 1 heterocycles. The van der Waals surface area contributed by atoms with Crippen molar-refractivity contribution >= 4 is 15.9 Å². The van der Waals surface area contributed by atoms with Crippen molar-refractivity contribution in [2.24, 2.45) is 11.1 Å². The van der Waals surface area contributed by atoms with E-state index in [1.165, 1.54) is 0 Å². The minimum atomic E-state index is -0.562. The maximum Gasteiger partial charge on any atom is 0.169 e. The maximum absolute atomic E-state index is 10.1. The van der Waals surface area contributed by atoms with E-state index in [0.717, 1.165) is 19.3 Å². The Balaban J connectivity index is 2.18. The van der Waals surface area contributed by atoms with Crippen LogP contribution in [-0.4, -0.2) is 11.7 Å². The molecule has 1 aliphatic rings. The van der Waals surface area contributed by atoms with Gasteiger partial charge in [0, 0.05) is 12.0 Å². The molecule has 0 radical (unpaired) electrons. The van der Waals surface area contributed by atoms with Crippen molar-refractivity contribution in [2.75, 3.05) is 6.54 Å². The molecule has 1 unspecified atom stereocenters. The molecule has 0 saturated heterocycles. The number of hydrogen-bond donors (Lipinski definition) is 2. The Bertz CT molecular complexity index is 314. The molecule has 1 aromatic rings. The lowest BCUT2D eigenvalue weighted by Crippen LogP contribution is -2.42. The van der Waals surface area contributed by atoms with Crippen LogP contribution in [-0.2, 0) is 0 Å². The van der Waals surface area contributed by atoms with E-state index in [2.05, 4.69) is 15.9 Å². The third kappa shape index (κ3) is 1.51. The molecule has 2 rings (SSSR count). The Morgan fingerprint density at radius 1 is 1.57 bits per heavy atom. The van der Waals surface area contributed by atoms with E-state index in [0.29, 0.717) is 17.0 Å². The monoisotopic (exact) mass is 259 g/mol. The summed E-state index contributed by atoms with van der Waals surface area (Å²) in [6.45, 7) is 0.520. The lowest BCUT2D eigenvalue weighted by molar-refractivity contribution is -0.0421. The summed E-state index contributed by atoms with van der Waals surface area (Å²) in [5, 5.41) is 10.1. The van der Waals surface area contributed by atoms with E-state index in [1.54, 1.807) is 12.1 Å². The van der Waals surface area contributed by atoms with Crippen molar-refractivity contribution in [2.45, 2.75) is 25.4 Å². The number of aliphatic hydroxyl groups is 1. The molecular weight excluding hydrogens is 246 g/mol. The lowest BCUT2D eigenvalue weighted by Gasteiger charge is -2.43. The highest BCUT2D eigenvalue weighted by molar-refractivity contribution is 9.10. The predicted octanol–water partition coefficient (Wildman–Crippen LogP) is 2.20. The Kier molecular flexibility index (Phi) is 2.68. The minimum Gasteiger partial charge on any atom is -0.452 e. The van der Waals surface area contributed by atoms with E-state index in [9.17, 15) is 5.11 Å². The molecule has 1 saturated carbocycles. The zero-order valence-electron chi connectivity index (χ0n) is 7.87. The van der Waals surface area contributed by atoms with E-state index >= 15 is 0 Å². The van der Waals surface area contributed by atoms with Gasteiger partial charge in [0.05, 0.1) is 0 Å². The SMILES string of the molecule is NCC1(C(O)c2ccc(Br)o2)CCC1. The second-order valence-electron chi connectivity index (χ2n) is 3.96. The Morgan fingerprint density at radius 3 is 2.64 bits per heavy atom. The molecule has 0 aliphatic heterocycles. The quantitative estimate of drug-likeness (QED) is 0.875. The standard InChI is InChI=1S/C10H14BrNO2/c11-8-3-2-7(14-8)9(13)10(6-12)4-1-5-10/h2-3,9,13H,1,4-6,12H2. The lowest BCUT2D eigenvalue weighted by atomic mass is 9.64. The average Bonchev–Trinajstić information content (AvgIpc) is 2.50. The van der Waals surface area contributed by atoms with Gasteiger partial charge in [-0.1, -0.05) is 6.42 Å². The number of rotatable bonds is 3. The molecule has 1 fully saturated rings. The van der Waals surface area contributed by atoms with Gasteiger partial charge in [-0.3, -0.25) is 0 Å². The molecule has 0 aromatic carbocycles. The molecule has 0 amide bonds. The molecule has 1 aromatic heterocycles. The van der Waals surface area contributed by atoms with Gasteiger partial charge in [-0.25, -0.2) is 0 Å². The summed E-state index contributed by atoms with van der Waals surface area (Å²) < 4.78 is 5.99. The molecule has 4 heteroatoms. The number of nitrogens with two attached hydrogens (primary N) is 1. The van der Waals surface area contributed by atoms with Gasteiger partial charge in [-0.2, -0.15) is 0 Å². The largest absolute Gasteiger partial charge is 0.452 e. The second kappa shape index (κ2) is 3.68. The normalized spacial score (nSPS) is 21.6. The van der Waals surface area contributed by atoms with Crippen LogP contribution in [0.25, 0.3) is 0 Å². The summed E-state index contributed by atoms with van der Waals surface area (Å²) in [7, 11) is 0. The van der Waals surface area contributed by atoms with Crippen LogP contribution in [0.15, 0.2) is 21.2 Å². The van der Waals surface area contributed by atoms with Gasteiger partial charge in [-0.15, -0.1) is 0 Å². The molecule has 3 nitrogen and oxygen atoms in total. The number of aliphatic hydroxyl groups excluding tert-OH is 1. The van der Waals surface area contributed by atoms with Gasteiger partial charge in [-0.05, 0) is 40.9 Å². The molecule has 3 N–H and O–H groups in total. The minimum absolute atomic E-state index is 0.142. The van der Waals surface area contributed by atoms with Crippen molar-refractivity contribution in [1.29, 1.82) is 0 Å². The maximum atomic E-state index is 10.1. The summed E-state index contributed by atoms with van der Waals surface area (Å²) >= 11 is 3.22. The molecule has 0 bridgehead atoms. The highest BCUT2D eigenvalue weighted by Crippen LogP contribution is 2.49. The zero-order chi connectivity index (χ0) is 10.2. The van der Waals surface area contributed by atoms with Crippen LogP contribution in [0.4, 0.5) is 0 Å². The topological polar surface area (TPSA) is 59.4 Å². The van der Waals surface area contributed by atoms with Gasteiger partial charge < -0.3 is 15.3 Å². The molecule has 1 atom stereocenters. The summed E-state index contributed by atoms with van der Waals surface area (Å²) in [4.78, 5) is 0. The van der Waals surface area contributed by atoms with Crippen molar-refractivity contribution < 1.29 is 9.52 Å². The summed E-state index contributed by atoms with van der Waals surface area (Å²) in [5.74, 6) is 0.613. The van der Waals surface area contributed by atoms with E-state index in [-0.39, 0.29) is 5.41 Å². The van der Waals surface area contributed by atoms with Crippen molar-refractivity contribution in [3.05, 3.63) is 22.6 Å². The first kappa shape index (κ1) is 10.2. The van der Waals surface area contributed by atoms with E-state index in [1.807, 2.05) is 0 Å². The summed E-state index contributed by atoms with van der Waals surface area (Å²) in [5.41, 5.74) is 5.56. The highest BCUT2D eigenvalue weighted by Gasteiger charge is 2.44. The molecule has 78 valence electrons. The molecule has 1 aliphatic carbocycles. The summed E-state index contributed by atoms with van der Waals surface area (Å²) in [6, 6.07) is 3.59. The average molecular weight is 260 g/mol. The van der Waals surface area contributed by atoms with E-state index in [4.69, 9.17) is 10.2 Å². The molecule has 14 heavy (non-hydrogen) atoms.